The average molecular weight is 318 g/mol. The first kappa shape index (κ1) is 16.0. The number of nitrogens with one attached hydrogen (secondary N) is 2. The van der Waals surface area contributed by atoms with Gasteiger partial charge in [-0.1, -0.05) is 35.9 Å². The van der Waals surface area contributed by atoms with Gasteiger partial charge in [0.25, 0.3) is 0 Å². The summed E-state index contributed by atoms with van der Waals surface area (Å²) in [6, 6.07) is 14.4. The SMILES string of the molecule is Cc1ccc(Nc2ncc(C)c(Nc3ccccc3C)n2)c(C)c1. The minimum Gasteiger partial charge on any atom is -0.340 e. The molecule has 2 aromatic carbocycles. The van der Waals surface area contributed by atoms with Crippen LogP contribution in [0.1, 0.15) is 22.3 Å². The van der Waals surface area contributed by atoms with Crippen molar-refractivity contribution in [3.63, 3.8) is 0 Å². The van der Waals surface area contributed by atoms with E-state index in [1.807, 2.05) is 31.3 Å². The van der Waals surface area contributed by atoms with Gasteiger partial charge < -0.3 is 10.6 Å². The van der Waals surface area contributed by atoms with Gasteiger partial charge in [-0.25, -0.2) is 4.98 Å². The quantitative estimate of drug-likeness (QED) is 0.694. The van der Waals surface area contributed by atoms with Gasteiger partial charge >= 0.3 is 0 Å². The molecule has 24 heavy (non-hydrogen) atoms. The van der Waals surface area contributed by atoms with Crippen molar-refractivity contribution in [2.75, 3.05) is 10.6 Å². The maximum absolute atomic E-state index is 4.63. The molecule has 0 saturated heterocycles. The zero-order chi connectivity index (χ0) is 17.1. The fourth-order valence-corrected chi connectivity index (χ4v) is 2.54. The first-order chi connectivity index (χ1) is 11.5. The Hall–Kier alpha value is -2.88. The third-order valence-electron chi connectivity index (χ3n) is 4.00. The zero-order valence-electron chi connectivity index (χ0n) is 14.5. The standard InChI is InChI=1S/C20H22N4/c1-13-9-10-18(15(3)11-13)23-20-21-12-16(4)19(24-20)22-17-8-6-5-7-14(17)2/h5-12H,1-4H3,(H2,21,22,23,24). The number of rotatable bonds is 4. The molecular weight excluding hydrogens is 296 g/mol. The molecule has 0 saturated carbocycles. The predicted molar refractivity (Wildman–Crippen MR) is 100 cm³/mol. The van der Waals surface area contributed by atoms with E-state index in [1.165, 1.54) is 16.7 Å². The van der Waals surface area contributed by atoms with E-state index in [0.717, 1.165) is 22.8 Å². The summed E-state index contributed by atoms with van der Waals surface area (Å²) >= 11 is 0. The fourth-order valence-electron chi connectivity index (χ4n) is 2.54. The predicted octanol–water partition coefficient (Wildman–Crippen LogP) is 5.20. The second-order valence-electron chi connectivity index (χ2n) is 6.11. The van der Waals surface area contributed by atoms with Crippen LogP contribution in [-0.2, 0) is 0 Å². The van der Waals surface area contributed by atoms with Crippen LogP contribution in [0.25, 0.3) is 0 Å². The average Bonchev–Trinajstić information content (AvgIpc) is 2.55. The van der Waals surface area contributed by atoms with Crippen molar-refractivity contribution in [3.05, 3.63) is 70.9 Å². The number of hydrogen-bond donors (Lipinski definition) is 2. The highest BCUT2D eigenvalue weighted by molar-refractivity contribution is 5.65. The van der Waals surface area contributed by atoms with Crippen molar-refractivity contribution >= 4 is 23.1 Å². The molecule has 0 aliphatic carbocycles. The van der Waals surface area contributed by atoms with E-state index < -0.39 is 0 Å². The highest BCUT2D eigenvalue weighted by Crippen LogP contribution is 2.24. The highest BCUT2D eigenvalue weighted by atomic mass is 15.1. The number of benzene rings is 2. The van der Waals surface area contributed by atoms with Gasteiger partial charge in [-0.3, -0.25) is 0 Å². The Morgan fingerprint density at radius 2 is 1.50 bits per heavy atom. The molecule has 0 fully saturated rings. The van der Waals surface area contributed by atoms with E-state index in [9.17, 15) is 0 Å². The van der Waals surface area contributed by atoms with Crippen molar-refractivity contribution in [3.8, 4) is 0 Å². The van der Waals surface area contributed by atoms with Crippen LogP contribution in [-0.4, -0.2) is 9.97 Å². The summed E-state index contributed by atoms with van der Waals surface area (Å²) in [5, 5.41) is 6.70. The van der Waals surface area contributed by atoms with E-state index in [-0.39, 0.29) is 0 Å². The molecule has 4 nitrogen and oxygen atoms in total. The van der Waals surface area contributed by atoms with Crippen LogP contribution in [0, 0.1) is 27.7 Å². The van der Waals surface area contributed by atoms with Crippen LogP contribution < -0.4 is 10.6 Å². The van der Waals surface area contributed by atoms with Gasteiger partial charge in [0.05, 0.1) is 0 Å². The molecule has 1 aromatic heterocycles. The van der Waals surface area contributed by atoms with Gasteiger partial charge in [0, 0.05) is 23.1 Å². The normalized spacial score (nSPS) is 10.5. The number of aromatic nitrogens is 2. The maximum Gasteiger partial charge on any atom is 0.229 e. The molecular formula is C20H22N4. The molecule has 1 heterocycles. The number of aryl methyl sites for hydroxylation is 4. The van der Waals surface area contributed by atoms with Gasteiger partial charge in [-0.2, -0.15) is 4.98 Å². The third kappa shape index (κ3) is 3.54. The van der Waals surface area contributed by atoms with Gasteiger partial charge in [0.1, 0.15) is 5.82 Å². The van der Waals surface area contributed by atoms with E-state index in [4.69, 9.17) is 0 Å². The molecule has 0 spiro atoms. The molecule has 0 amide bonds. The fraction of sp³-hybridized carbons (Fsp3) is 0.200. The van der Waals surface area contributed by atoms with Crippen LogP contribution in [0.3, 0.4) is 0 Å². The smallest absolute Gasteiger partial charge is 0.229 e. The molecule has 0 bridgehead atoms. The number of anilines is 4. The molecule has 3 aromatic rings. The maximum atomic E-state index is 4.63. The molecule has 0 unspecified atom stereocenters. The topological polar surface area (TPSA) is 49.8 Å². The lowest BCUT2D eigenvalue weighted by Crippen LogP contribution is -2.04. The Morgan fingerprint density at radius 1 is 0.750 bits per heavy atom. The van der Waals surface area contributed by atoms with E-state index in [1.54, 1.807) is 0 Å². The van der Waals surface area contributed by atoms with Gasteiger partial charge in [-0.15, -0.1) is 0 Å². The molecule has 4 heteroatoms. The minimum atomic E-state index is 0.587. The summed E-state index contributed by atoms with van der Waals surface area (Å²) in [5.41, 5.74) is 6.67. The van der Waals surface area contributed by atoms with Crippen LogP contribution in [0.4, 0.5) is 23.1 Å². The van der Waals surface area contributed by atoms with Gasteiger partial charge in [-0.05, 0) is 51.0 Å². The second-order valence-corrected chi connectivity index (χ2v) is 6.11. The lowest BCUT2D eigenvalue weighted by atomic mass is 10.1. The van der Waals surface area contributed by atoms with Crippen molar-refractivity contribution in [2.45, 2.75) is 27.7 Å². The lowest BCUT2D eigenvalue weighted by Gasteiger charge is -2.13. The van der Waals surface area contributed by atoms with Crippen LogP contribution in [0.2, 0.25) is 0 Å². The molecule has 122 valence electrons. The highest BCUT2D eigenvalue weighted by Gasteiger charge is 2.07. The number of para-hydroxylation sites is 1. The van der Waals surface area contributed by atoms with Crippen molar-refractivity contribution in [1.82, 2.24) is 9.97 Å². The minimum absolute atomic E-state index is 0.587. The summed E-state index contributed by atoms with van der Waals surface area (Å²) in [7, 11) is 0. The number of nitrogens with zero attached hydrogens (tertiary/aromatic N) is 2. The molecule has 0 aliphatic rings. The summed E-state index contributed by atoms with van der Waals surface area (Å²) in [6.07, 6.45) is 1.83. The Balaban J connectivity index is 1.87. The van der Waals surface area contributed by atoms with E-state index >= 15 is 0 Å². The molecule has 2 N–H and O–H groups in total. The Morgan fingerprint density at radius 3 is 2.25 bits per heavy atom. The Kier molecular flexibility index (Phi) is 4.47. The van der Waals surface area contributed by atoms with Gasteiger partial charge in [0.15, 0.2) is 0 Å². The van der Waals surface area contributed by atoms with E-state index in [0.29, 0.717) is 5.95 Å². The molecule has 3 rings (SSSR count). The van der Waals surface area contributed by atoms with Crippen LogP contribution in [0.5, 0.6) is 0 Å². The summed E-state index contributed by atoms with van der Waals surface area (Å²) in [5.74, 6) is 1.40. The monoisotopic (exact) mass is 318 g/mol. The number of hydrogen-bond acceptors (Lipinski definition) is 4. The summed E-state index contributed by atoms with van der Waals surface area (Å²) in [4.78, 5) is 9.03. The molecule has 0 radical (unpaired) electrons. The summed E-state index contributed by atoms with van der Waals surface area (Å²) < 4.78 is 0. The Bertz CT molecular complexity index is 871. The van der Waals surface area contributed by atoms with Crippen molar-refractivity contribution in [2.24, 2.45) is 0 Å². The van der Waals surface area contributed by atoms with Crippen molar-refractivity contribution < 1.29 is 0 Å². The first-order valence-corrected chi connectivity index (χ1v) is 8.03. The van der Waals surface area contributed by atoms with Crippen molar-refractivity contribution in [1.29, 1.82) is 0 Å². The van der Waals surface area contributed by atoms with Crippen LogP contribution >= 0.6 is 0 Å². The van der Waals surface area contributed by atoms with E-state index in [2.05, 4.69) is 65.6 Å². The summed E-state index contributed by atoms with van der Waals surface area (Å²) in [6.45, 7) is 8.24. The van der Waals surface area contributed by atoms with Gasteiger partial charge in [0.2, 0.25) is 5.95 Å². The zero-order valence-corrected chi connectivity index (χ0v) is 14.5. The first-order valence-electron chi connectivity index (χ1n) is 8.03. The molecule has 0 aliphatic heterocycles. The van der Waals surface area contributed by atoms with Crippen LogP contribution in [0.15, 0.2) is 48.7 Å². The second kappa shape index (κ2) is 6.71. The Labute approximate surface area is 143 Å². The molecule has 0 atom stereocenters. The lowest BCUT2D eigenvalue weighted by molar-refractivity contribution is 1.13. The largest absolute Gasteiger partial charge is 0.340 e. The third-order valence-corrected chi connectivity index (χ3v) is 4.00.